The number of halogens is 3. The van der Waals surface area contributed by atoms with Crippen LogP contribution in [-0.4, -0.2) is 29.5 Å². The summed E-state index contributed by atoms with van der Waals surface area (Å²) >= 11 is 0. The number of nitrogens with zero attached hydrogens (tertiary/aromatic N) is 1. The van der Waals surface area contributed by atoms with Gasteiger partial charge < -0.3 is 4.74 Å². The fourth-order valence-electron chi connectivity index (χ4n) is 1.42. The van der Waals surface area contributed by atoms with Gasteiger partial charge in [0.25, 0.3) is 5.69 Å². The van der Waals surface area contributed by atoms with Gasteiger partial charge in [-0.05, 0) is 18.6 Å². The molecule has 0 unspecified atom stereocenters. The van der Waals surface area contributed by atoms with E-state index in [0.717, 1.165) is 19.1 Å². The highest BCUT2D eigenvalue weighted by Gasteiger charge is 2.30. The lowest BCUT2D eigenvalue weighted by molar-refractivity contribution is -0.384. The normalized spacial score (nSPS) is 11.9. The summed E-state index contributed by atoms with van der Waals surface area (Å²) in [4.78, 5) is 32.8. The second-order valence-electron chi connectivity index (χ2n) is 4.16. The number of carbonyl (C=O) groups is 2. The Bertz CT molecular complexity index is 637. The molecule has 0 aliphatic rings. The Hall–Kier alpha value is -2.71. The van der Waals surface area contributed by atoms with Crippen LogP contribution in [0.4, 0.5) is 18.9 Å². The van der Waals surface area contributed by atoms with Gasteiger partial charge in [-0.15, -0.1) is 0 Å². The number of hydrogen-bond donors (Lipinski definition) is 0. The maximum atomic E-state index is 12.0. The van der Waals surface area contributed by atoms with E-state index in [9.17, 15) is 32.9 Å². The predicted octanol–water partition coefficient (Wildman–Crippen LogP) is 2.67. The standard InChI is InChI=1S/C13H10F3NO5/c1-8(18)11(12(19)22-7-13(14,15)16)6-9-3-2-4-10(5-9)17(20)21/h2-6H,7H2,1H3. The fraction of sp³-hybridized carbons (Fsp3) is 0.231. The Morgan fingerprint density at radius 2 is 2.00 bits per heavy atom. The van der Waals surface area contributed by atoms with Crippen LogP contribution in [0.5, 0.6) is 0 Å². The predicted molar refractivity (Wildman–Crippen MR) is 68.8 cm³/mol. The SMILES string of the molecule is CC(=O)C(=Cc1cccc([N+](=O)[O-])c1)C(=O)OCC(F)(F)F. The van der Waals surface area contributed by atoms with Gasteiger partial charge in [-0.2, -0.15) is 13.2 Å². The number of rotatable bonds is 5. The average Bonchev–Trinajstić information content (AvgIpc) is 2.41. The summed E-state index contributed by atoms with van der Waals surface area (Å²) in [7, 11) is 0. The summed E-state index contributed by atoms with van der Waals surface area (Å²) in [5, 5.41) is 10.6. The highest BCUT2D eigenvalue weighted by molar-refractivity contribution is 6.19. The number of nitro benzene ring substituents is 1. The van der Waals surface area contributed by atoms with Crippen LogP contribution in [0.25, 0.3) is 6.08 Å². The molecule has 0 aliphatic heterocycles. The quantitative estimate of drug-likeness (QED) is 0.208. The molecule has 0 saturated heterocycles. The van der Waals surface area contributed by atoms with Gasteiger partial charge in [0.05, 0.1) is 4.92 Å². The topological polar surface area (TPSA) is 86.5 Å². The third-order valence-electron chi connectivity index (χ3n) is 2.36. The van der Waals surface area contributed by atoms with E-state index in [1.807, 2.05) is 0 Å². The van der Waals surface area contributed by atoms with Crippen molar-refractivity contribution in [2.45, 2.75) is 13.1 Å². The lowest BCUT2D eigenvalue weighted by Crippen LogP contribution is -2.22. The molecule has 22 heavy (non-hydrogen) atoms. The number of non-ortho nitro benzene ring substituents is 1. The van der Waals surface area contributed by atoms with Gasteiger partial charge in [0.1, 0.15) is 5.57 Å². The molecule has 0 aromatic heterocycles. The van der Waals surface area contributed by atoms with E-state index in [0.29, 0.717) is 0 Å². The minimum absolute atomic E-state index is 0.114. The van der Waals surface area contributed by atoms with E-state index < -0.39 is 35.0 Å². The second kappa shape index (κ2) is 6.83. The molecule has 0 fully saturated rings. The smallest absolute Gasteiger partial charge is 0.422 e. The first kappa shape index (κ1) is 17.3. The first-order valence-corrected chi connectivity index (χ1v) is 5.81. The third kappa shape index (κ3) is 5.35. The molecule has 0 bridgehead atoms. The van der Waals surface area contributed by atoms with E-state index in [1.165, 1.54) is 18.2 Å². The molecule has 0 saturated carbocycles. The second-order valence-corrected chi connectivity index (χ2v) is 4.16. The van der Waals surface area contributed by atoms with Crippen molar-refractivity contribution in [1.29, 1.82) is 0 Å². The molecule has 6 nitrogen and oxygen atoms in total. The number of nitro groups is 1. The summed E-state index contributed by atoms with van der Waals surface area (Å²) in [5.74, 6) is -2.27. The number of hydrogen-bond acceptors (Lipinski definition) is 5. The molecular weight excluding hydrogens is 307 g/mol. The fourth-order valence-corrected chi connectivity index (χ4v) is 1.42. The highest BCUT2D eigenvalue weighted by Crippen LogP contribution is 2.18. The number of ether oxygens (including phenoxy) is 1. The summed E-state index contributed by atoms with van der Waals surface area (Å²) in [6.07, 6.45) is -3.78. The van der Waals surface area contributed by atoms with Gasteiger partial charge in [0.15, 0.2) is 12.4 Å². The van der Waals surface area contributed by atoms with Crippen molar-refractivity contribution in [3.05, 3.63) is 45.5 Å². The molecule has 1 aromatic rings. The van der Waals surface area contributed by atoms with Gasteiger partial charge in [0.2, 0.25) is 0 Å². The highest BCUT2D eigenvalue weighted by atomic mass is 19.4. The van der Waals surface area contributed by atoms with Crippen LogP contribution >= 0.6 is 0 Å². The monoisotopic (exact) mass is 317 g/mol. The Balaban J connectivity index is 3.05. The molecule has 1 aromatic carbocycles. The molecule has 0 heterocycles. The molecule has 0 N–H and O–H groups in total. The summed E-state index contributed by atoms with van der Waals surface area (Å²) in [6.45, 7) is -0.858. The minimum Gasteiger partial charge on any atom is -0.452 e. The van der Waals surface area contributed by atoms with Crippen molar-refractivity contribution in [1.82, 2.24) is 0 Å². The van der Waals surface area contributed by atoms with Crippen molar-refractivity contribution in [2.24, 2.45) is 0 Å². The van der Waals surface area contributed by atoms with Crippen molar-refractivity contribution in [2.75, 3.05) is 6.61 Å². The number of alkyl halides is 3. The van der Waals surface area contributed by atoms with Gasteiger partial charge in [-0.3, -0.25) is 14.9 Å². The van der Waals surface area contributed by atoms with Crippen molar-refractivity contribution in [3.8, 4) is 0 Å². The number of benzene rings is 1. The first-order valence-electron chi connectivity index (χ1n) is 5.81. The van der Waals surface area contributed by atoms with Crippen LogP contribution in [0, 0.1) is 10.1 Å². The molecule has 0 atom stereocenters. The van der Waals surface area contributed by atoms with E-state index in [-0.39, 0.29) is 11.3 Å². The van der Waals surface area contributed by atoms with E-state index in [4.69, 9.17) is 0 Å². The molecule has 0 spiro atoms. The first-order chi connectivity index (χ1) is 10.1. The van der Waals surface area contributed by atoms with Gasteiger partial charge >= 0.3 is 12.1 Å². The molecular formula is C13H10F3NO5. The lowest BCUT2D eigenvalue weighted by atomic mass is 10.1. The zero-order valence-electron chi connectivity index (χ0n) is 11.2. The summed E-state index contributed by atoms with van der Waals surface area (Å²) < 4.78 is 40.0. The molecule has 0 amide bonds. The van der Waals surface area contributed by atoms with Gasteiger partial charge in [-0.25, -0.2) is 4.79 Å². The molecule has 1 rings (SSSR count). The largest absolute Gasteiger partial charge is 0.452 e. The number of Topliss-reactive ketones (excluding diaryl/α,β-unsaturated/α-hetero) is 1. The maximum absolute atomic E-state index is 12.0. The van der Waals surface area contributed by atoms with Crippen LogP contribution in [0.15, 0.2) is 29.8 Å². The van der Waals surface area contributed by atoms with Crippen molar-refractivity contribution in [3.63, 3.8) is 0 Å². The number of esters is 1. The van der Waals surface area contributed by atoms with Crippen LogP contribution < -0.4 is 0 Å². The molecule has 9 heteroatoms. The van der Waals surface area contributed by atoms with Crippen LogP contribution in [0.2, 0.25) is 0 Å². The molecule has 118 valence electrons. The Labute approximate surface area is 122 Å². The van der Waals surface area contributed by atoms with E-state index in [2.05, 4.69) is 4.74 Å². The summed E-state index contributed by atoms with van der Waals surface area (Å²) in [6, 6.07) is 4.92. The Kier molecular flexibility index (Phi) is 5.39. The zero-order valence-corrected chi connectivity index (χ0v) is 11.2. The lowest BCUT2D eigenvalue weighted by Gasteiger charge is -2.08. The van der Waals surface area contributed by atoms with Crippen LogP contribution in [0.1, 0.15) is 12.5 Å². The Morgan fingerprint density at radius 1 is 1.36 bits per heavy atom. The van der Waals surface area contributed by atoms with Crippen LogP contribution in [-0.2, 0) is 14.3 Å². The van der Waals surface area contributed by atoms with E-state index in [1.54, 1.807) is 0 Å². The van der Waals surface area contributed by atoms with E-state index >= 15 is 0 Å². The molecule has 0 radical (unpaired) electrons. The maximum Gasteiger partial charge on any atom is 0.422 e. The molecule has 0 aliphatic carbocycles. The minimum atomic E-state index is -4.72. The van der Waals surface area contributed by atoms with Crippen molar-refractivity contribution >= 4 is 23.5 Å². The third-order valence-corrected chi connectivity index (χ3v) is 2.36. The Morgan fingerprint density at radius 3 is 2.50 bits per heavy atom. The average molecular weight is 317 g/mol. The summed E-state index contributed by atoms with van der Waals surface area (Å²) in [5.41, 5.74) is -0.812. The van der Waals surface area contributed by atoms with Gasteiger partial charge in [-0.1, -0.05) is 12.1 Å². The van der Waals surface area contributed by atoms with Crippen LogP contribution in [0.3, 0.4) is 0 Å². The van der Waals surface area contributed by atoms with Gasteiger partial charge in [0, 0.05) is 12.1 Å². The number of carbonyl (C=O) groups excluding carboxylic acids is 2. The zero-order chi connectivity index (χ0) is 16.9. The number of ketones is 1. The van der Waals surface area contributed by atoms with Crippen molar-refractivity contribution < 1.29 is 32.4 Å².